The Morgan fingerprint density at radius 2 is 0.821 bits per heavy atom. The first-order chi connectivity index (χ1) is 31.2. The summed E-state index contributed by atoms with van der Waals surface area (Å²) < 4.78 is 46.6. The molecule has 0 aliphatic heterocycles. The summed E-state index contributed by atoms with van der Waals surface area (Å²) in [5.41, 5.74) is 13.9. The van der Waals surface area contributed by atoms with Crippen molar-refractivity contribution < 1.29 is 13.2 Å². The van der Waals surface area contributed by atoms with E-state index in [4.69, 9.17) is 6.57 Å². The zero-order valence-corrected chi connectivity index (χ0v) is 41.1. The standard InChI is InChI=1S/C61H60F3N3/c1-36-29-42(61(62,63)64)16-22-44(36)37-15-24-54(67-55-27-19-40(59(8,9)10)33-49(55)50-34-41(60(11,12)13)20-28-56(50)67)46(30-37)45-35-43(21-23-51(45)65-14)66-52-25-17-38(57(2,3)4)31-47(52)48-32-39(58(5,6)7)18-26-53(48)66/h15-35H,1-13H3. The number of hydrogen-bond acceptors (Lipinski definition) is 0. The zero-order chi connectivity index (χ0) is 48.3. The molecule has 67 heavy (non-hydrogen) atoms. The predicted molar refractivity (Wildman–Crippen MR) is 277 cm³/mol. The van der Waals surface area contributed by atoms with Gasteiger partial charge in [0, 0.05) is 27.2 Å². The van der Waals surface area contributed by atoms with Crippen LogP contribution in [0.1, 0.15) is 116 Å². The number of aromatic nitrogens is 2. The second kappa shape index (κ2) is 15.5. The number of hydrogen-bond donors (Lipinski definition) is 0. The summed E-state index contributed by atoms with van der Waals surface area (Å²) >= 11 is 0. The predicted octanol–water partition coefficient (Wildman–Crippen LogP) is 18.3. The smallest absolute Gasteiger partial charge is 0.309 e. The summed E-state index contributed by atoms with van der Waals surface area (Å²) in [6.45, 7) is 37.2. The maximum atomic E-state index is 14.0. The fourth-order valence-electron chi connectivity index (χ4n) is 9.70. The normalized spacial score (nSPS) is 13.1. The van der Waals surface area contributed by atoms with E-state index in [9.17, 15) is 13.2 Å². The Labute approximate surface area is 393 Å². The third kappa shape index (κ3) is 8.01. The van der Waals surface area contributed by atoms with Gasteiger partial charge < -0.3 is 9.13 Å². The monoisotopic (exact) mass is 891 g/mol. The molecule has 0 saturated heterocycles. The molecule has 0 aliphatic carbocycles. The Hall–Kier alpha value is -6.58. The highest BCUT2D eigenvalue weighted by atomic mass is 19.4. The summed E-state index contributed by atoms with van der Waals surface area (Å²) in [6, 6.07) is 43.3. The molecule has 0 radical (unpaired) electrons. The average Bonchev–Trinajstić information content (AvgIpc) is 3.76. The molecular formula is C61H60F3N3. The average molecular weight is 892 g/mol. The molecule has 0 bridgehead atoms. The Kier molecular flexibility index (Phi) is 10.5. The highest BCUT2D eigenvalue weighted by molar-refractivity contribution is 6.12. The van der Waals surface area contributed by atoms with Crippen LogP contribution in [0.5, 0.6) is 0 Å². The van der Waals surface area contributed by atoms with Crippen molar-refractivity contribution in [2.75, 3.05) is 0 Å². The highest BCUT2D eigenvalue weighted by Crippen LogP contribution is 2.46. The topological polar surface area (TPSA) is 14.2 Å². The number of alkyl halides is 3. The van der Waals surface area contributed by atoms with Crippen molar-refractivity contribution in [3.63, 3.8) is 0 Å². The van der Waals surface area contributed by atoms with Gasteiger partial charge in [-0.2, -0.15) is 13.2 Å². The van der Waals surface area contributed by atoms with Gasteiger partial charge in [-0.05, 0) is 164 Å². The minimum absolute atomic E-state index is 0.0586. The van der Waals surface area contributed by atoms with Crippen molar-refractivity contribution >= 4 is 49.3 Å². The number of rotatable bonds is 4. The van der Waals surface area contributed by atoms with Gasteiger partial charge in [0.15, 0.2) is 5.69 Å². The highest BCUT2D eigenvalue weighted by Gasteiger charge is 2.31. The van der Waals surface area contributed by atoms with E-state index in [2.05, 4.69) is 188 Å². The summed E-state index contributed by atoms with van der Waals surface area (Å²) in [5, 5.41) is 4.60. The molecule has 9 aromatic rings. The molecule has 6 heteroatoms. The number of fused-ring (bicyclic) bond motifs is 6. The van der Waals surface area contributed by atoms with E-state index in [0.29, 0.717) is 16.8 Å². The largest absolute Gasteiger partial charge is 0.416 e. The minimum Gasteiger partial charge on any atom is -0.309 e. The van der Waals surface area contributed by atoms with Crippen LogP contribution in [0.4, 0.5) is 18.9 Å². The maximum absolute atomic E-state index is 14.0. The van der Waals surface area contributed by atoms with Gasteiger partial charge in [-0.25, -0.2) is 4.85 Å². The van der Waals surface area contributed by atoms with Crippen molar-refractivity contribution in [1.82, 2.24) is 9.13 Å². The minimum atomic E-state index is -4.46. The van der Waals surface area contributed by atoms with Gasteiger partial charge in [-0.15, -0.1) is 0 Å². The lowest BCUT2D eigenvalue weighted by atomic mass is 9.85. The lowest BCUT2D eigenvalue weighted by molar-refractivity contribution is -0.137. The second-order valence-corrected chi connectivity index (χ2v) is 22.7. The summed E-state index contributed by atoms with van der Waals surface area (Å²) in [5.74, 6) is 0. The van der Waals surface area contributed by atoms with Crippen LogP contribution in [0.15, 0.2) is 127 Å². The van der Waals surface area contributed by atoms with E-state index >= 15 is 0 Å². The SMILES string of the molecule is [C-]#[N+]c1ccc(-n2c3ccc(C(C)(C)C)cc3c3cc(C(C)(C)C)ccc32)cc1-c1cc(-c2ccc(C(F)(F)F)cc2C)ccc1-n1c2ccc(C(C)(C)C)cc2c2cc(C(C)(C)C)ccc21. The number of nitrogens with zero attached hydrogens (tertiary/aromatic N) is 3. The van der Waals surface area contributed by atoms with Crippen LogP contribution < -0.4 is 0 Å². The van der Waals surface area contributed by atoms with Gasteiger partial charge in [0.25, 0.3) is 0 Å². The molecule has 7 aromatic carbocycles. The molecule has 2 heterocycles. The molecule has 0 saturated carbocycles. The van der Waals surface area contributed by atoms with Crippen molar-refractivity contribution in [2.24, 2.45) is 0 Å². The molecule has 0 spiro atoms. The first-order valence-corrected chi connectivity index (χ1v) is 23.3. The summed E-state index contributed by atoms with van der Waals surface area (Å²) in [6.07, 6.45) is -4.46. The van der Waals surface area contributed by atoms with Gasteiger partial charge in [0.1, 0.15) is 0 Å². The van der Waals surface area contributed by atoms with Crippen molar-refractivity contribution in [3.05, 3.63) is 172 Å². The third-order valence-electron chi connectivity index (χ3n) is 13.7. The summed E-state index contributed by atoms with van der Waals surface area (Å²) in [7, 11) is 0. The molecule has 0 amide bonds. The second-order valence-electron chi connectivity index (χ2n) is 22.7. The molecule has 0 aliphatic rings. The van der Waals surface area contributed by atoms with E-state index < -0.39 is 11.7 Å². The van der Waals surface area contributed by atoms with E-state index in [1.165, 1.54) is 39.1 Å². The molecule has 340 valence electrons. The van der Waals surface area contributed by atoms with Gasteiger partial charge in [0.05, 0.1) is 39.9 Å². The van der Waals surface area contributed by atoms with Gasteiger partial charge in [-0.3, -0.25) is 0 Å². The molecule has 0 fully saturated rings. The van der Waals surface area contributed by atoms with Crippen molar-refractivity contribution in [1.29, 1.82) is 0 Å². The van der Waals surface area contributed by atoms with Crippen LogP contribution in [0.25, 0.3) is 82.1 Å². The van der Waals surface area contributed by atoms with Crippen molar-refractivity contribution in [2.45, 2.75) is 118 Å². The first kappa shape index (κ1) is 45.6. The Bertz CT molecular complexity index is 3360. The fourth-order valence-corrected chi connectivity index (χ4v) is 9.70. The quantitative estimate of drug-likeness (QED) is 0.156. The molecule has 0 N–H and O–H groups in total. The zero-order valence-electron chi connectivity index (χ0n) is 41.1. The van der Waals surface area contributed by atoms with E-state index in [0.717, 1.165) is 67.0 Å². The number of halogens is 3. The van der Waals surface area contributed by atoms with E-state index in [1.807, 2.05) is 18.2 Å². The molecule has 0 atom stereocenters. The van der Waals surface area contributed by atoms with Crippen LogP contribution in [0.3, 0.4) is 0 Å². The molecule has 0 unspecified atom stereocenters. The van der Waals surface area contributed by atoms with Gasteiger partial charge >= 0.3 is 6.18 Å². The molecule has 3 nitrogen and oxygen atoms in total. The third-order valence-corrected chi connectivity index (χ3v) is 13.7. The molecule has 2 aromatic heterocycles. The summed E-state index contributed by atoms with van der Waals surface area (Å²) in [4.78, 5) is 4.16. The Morgan fingerprint density at radius 1 is 0.403 bits per heavy atom. The van der Waals surface area contributed by atoms with Crippen LogP contribution in [0.2, 0.25) is 0 Å². The van der Waals surface area contributed by atoms with Gasteiger partial charge in [-0.1, -0.05) is 126 Å². The van der Waals surface area contributed by atoms with Crippen LogP contribution in [-0.2, 0) is 27.8 Å². The van der Waals surface area contributed by atoms with Crippen LogP contribution >= 0.6 is 0 Å². The van der Waals surface area contributed by atoms with Crippen LogP contribution in [-0.4, -0.2) is 9.13 Å². The van der Waals surface area contributed by atoms with Crippen molar-refractivity contribution in [3.8, 4) is 33.6 Å². The maximum Gasteiger partial charge on any atom is 0.416 e. The number of aryl methyl sites for hydroxylation is 1. The lowest BCUT2D eigenvalue weighted by Crippen LogP contribution is -2.10. The van der Waals surface area contributed by atoms with E-state index in [1.54, 1.807) is 13.0 Å². The van der Waals surface area contributed by atoms with Gasteiger partial charge in [0.2, 0.25) is 0 Å². The van der Waals surface area contributed by atoms with E-state index in [-0.39, 0.29) is 21.7 Å². The Morgan fingerprint density at radius 3 is 1.21 bits per heavy atom. The lowest BCUT2D eigenvalue weighted by Gasteiger charge is -2.21. The molecular weight excluding hydrogens is 832 g/mol. The molecule has 9 rings (SSSR count). The number of benzene rings is 7. The van der Waals surface area contributed by atoms with Crippen LogP contribution in [0, 0.1) is 13.5 Å². The first-order valence-electron chi connectivity index (χ1n) is 23.3. The fraction of sp³-hybridized carbons (Fsp3) is 0.295. The Balaban J connectivity index is 1.38.